The molecule has 2 aromatic rings. The molecule has 1 aromatic carbocycles. The summed E-state index contributed by atoms with van der Waals surface area (Å²) >= 11 is 0. The normalized spacial score (nSPS) is 10.4. The van der Waals surface area contributed by atoms with Crippen LogP contribution in [0, 0.1) is 0 Å². The largest absolute Gasteiger partial charge is 0.373 e. The maximum Gasteiger partial charge on any atom is 0.120 e. The monoisotopic (exact) mass is 230 g/mol. The molecule has 1 aromatic heterocycles. The fourth-order valence-electron chi connectivity index (χ4n) is 1.66. The van der Waals surface area contributed by atoms with Crippen LogP contribution >= 0.6 is 0 Å². The second kappa shape index (κ2) is 6.06. The molecule has 0 amide bonds. The zero-order valence-electron chi connectivity index (χ0n) is 10.1. The molecule has 0 saturated heterocycles. The third-order valence-electron chi connectivity index (χ3n) is 2.67. The molecule has 4 nitrogen and oxygen atoms in total. The number of nitrogens with one attached hydrogen (secondary N) is 2. The van der Waals surface area contributed by atoms with Crippen LogP contribution in [0.5, 0.6) is 0 Å². The summed E-state index contributed by atoms with van der Waals surface area (Å²) in [7, 11) is 2.10. The Morgan fingerprint density at radius 2 is 2.12 bits per heavy atom. The summed E-state index contributed by atoms with van der Waals surface area (Å²) in [6.45, 7) is 2.70. The summed E-state index contributed by atoms with van der Waals surface area (Å²) in [6, 6.07) is 10.4. The Labute approximate surface area is 102 Å². The SMILES string of the molecule is CN(CCNCc1ncc[nH]1)c1ccccc1. The Hall–Kier alpha value is -1.81. The van der Waals surface area contributed by atoms with Crippen molar-refractivity contribution in [3.63, 3.8) is 0 Å². The van der Waals surface area contributed by atoms with Gasteiger partial charge in [-0.2, -0.15) is 0 Å². The average molecular weight is 230 g/mol. The van der Waals surface area contributed by atoms with E-state index in [0.717, 1.165) is 25.5 Å². The standard InChI is InChI=1S/C13H18N4/c1-17(12-5-3-2-4-6-12)10-9-14-11-13-15-7-8-16-13/h2-8,14H,9-11H2,1H3,(H,15,16). The molecule has 2 rings (SSSR count). The second-order valence-electron chi connectivity index (χ2n) is 3.97. The van der Waals surface area contributed by atoms with Crippen LogP contribution in [0.25, 0.3) is 0 Å². The maximum absolute atomic E-state index is 4.16. The molecular formula is C13H18N4. The lowest BCUT2D eigenvalue weighted by atomic mass is 10.3. The molecule has 0 atom stereocenters. The zero-order chi connectivity index (χ0) is 11.9. The highest BCUT2D eigenvalue weighted by Crippen LogP contribution is 2.09. The molecule has 4 heteroatoms. The fraction of sp³-hybridized carbons (Fsp3) is 0.308. The van der Waals surface area contributed by atoms with Crippen molar-refractivity contribution < 1.29 is 0 Å². The number of hydrogen-bond acceptors (Lipinski definition) is 3. The first-order valence-electron chi connectivity index (χ1n) is 5.81. The number of para-hydroxylation sites is 1. The molecule has 2 N–H and O–H groups in total. The van der Waals surface area contributed by atoms with E-state index in [1.54, 1.807) is 6.20 Å². The van der Waals surface area contributed by atoms with Crippen molar-refractivity contribution in [2.45, 2.75) is 6.54 Å². The van der Waals surface area contributed by atoms with E-state index in [0.29, 0.717) is 0 Å². The third kappa shape index (κ3) is 3.60. The number of rotatable bonds is 6. The number of likely N-dealkylation sites (N-methyl/N-ethyl adjacent to an activating group) is 1. The fourth-order valence-corrected chi connectivity index (χ4v) is 1.66. The van der Waals surface area contributed by atoms with Crippen LogP contribution in [0.2, 0.25) is 0 Å². The Balaban J connectivity index is 1.68. The molecule has 0 aliphatic heterocycles. The second-order valence-corrected chi connectivity index (χ2v) is 3.97. The molecule has 0 aliphatic carbocycles. The van der Waals surface area contributed by atoms with Gasteiger partial charge in [-0.05, 0) is 12.1 Å². The summed E-state index contributed by atoms with van der Waals surface area (Å²) in [6.07, 6.45) is 3.61. The van der Waals surface area contributed by atoms with Crippen molar-refractivity contribution >= 4 is 5.69 Å². The highest BCUT2D eigenvalue weighted by Gasteiger charge is 1.99. The minimum atomic E-state index is 0.787. The predicted molar refractivity (Wildman–Crippen MR) is 70.0 cm³/mol. The van der Waals surface area contributed by atoms with Gasteiger partial charge in [0, 0.05) is 38.2 Å². The smallest absolute Gasteiger partial charge is 0.120 e. The van der Waals surface area contributed by atoms with E-state index in [2.05, 4.69) is 51.5 Å². The number of anilines is 1. The number of imidazole rings is 1. The van der Waals surface area contributed by atoms with Crippen LogP contribution in [0.1, 0.15) is 5.82 Å². The van der Waals surface area contributed by atoms with E-state index in [1.807, 2.05) is 12.3 Å². The van der Waals surface area contributed by atoms with Crippen molar-refractivity contribution in [2.75, 3.05) is 25.0 Å². The number of nitrogens with zero attached hydrogens (tertiary/aromatic N) is 2. The van der Waals surface area contributed by atoms with E-state index in [4.69, 9.17) is 0 Å². The lowest BCUT2D eigenvalue weighted by Gasteiger charge is -2.19. The molecule has 0 aliphatic rings. The quantitative estimate of drug-likeness (QED) is 0.741. The van der Waals surface area contributed by atoms with Gasteiger partial charge in [0.25, 0.3) is 0 Å². The van der Waals surface area contributed by atoms with Crippen LogP contribution in [0.4, 0.5) is 5.69 Å². The van der Waals surface area contributed by atoms with Crippen molar-refractivity contribution in [1.29, 1.82) is 0 Å². The highest BCUT2D eigenvalue weighted by molar-refractivity contribution is 5.44. The average Bonchev–Trinajstić information content (AvgIpc) is 2.88. The maximum atomic E-state index is 4.16. The van der Waals surface area contributed by atoms with Crippen molar-refractivity contribution in [3.8, 4) is 0 Å². The van der Waals surface area contributed by atoms with Crippen molar-refractivity contribution in [3.05, 3.63) is 48.5 Å². The molecule has 0 spiro atoms. The first-order valence-corrected chi connectivity index (χ1v) is 5.81. The lowest BCUT2D eigenvalue weighted by Crippen LogP contribution is -2.29. The third-order valence-corrected chi connectivity index (χ3v) is 2.67. The van der Waals surface area contributed by atoms with Gasteiger partial charge in [0.2, 0.25) is 0 Å². The van der Waals surface area contributed by atoms with Gasteiger partial charge >= 0.3 is 0 Å². The Kier molecular flexibility index (Phi) is 4.16. The van der Waals surface area contributed by atoms with Gasteiger partial charge in [0.05, 0.1) is 6.54 Å². The summed E-state index contributed by atoms with van der Waals surface area (Å²) < 4.78 is 0. The van der Waals surface area contributed by atoms with Gasteiger partial charge in [0.1, 0.15) is 5.82 Å². The summed E-state index contributed by atoms with van der Waals surface area (Å²) in [5.41, 5.74) is 1.24. The minimum Gasteiger partial charge on any atom is -0.373 e. The van der Waals surface area contributed by atoms with Crippen LogP contribution in [-0.4, -0.2) is 30.1 Å². The van der Waals surface area contributed by atoms with Crippen LogP contribution in [0.3, 0.4) is 0 Å². The van der Waals surface area contributed by atoms with E-state index in [9.17, 15) is 0 Å². The van der Waals surface area contributed by atoms with Gasteiger partial charge in [-0.15, -0.1) is 0 Å². The van der Waals surface area contributed by atoms with Crippen molar-refractivity contribution in [1.82, 2.24) is 15.3 Å². The van der Waals surface area contributed by atoms with Gasteiger partial charge in [0.15, 0.2) is 0 Å². The molecule has 0 radical (unpaired) electrons. The Morgan fingerprint density at radius 3 is 2.82 bits per heavy atom. The first kappa shape index (κ1) is 11.7. The molecule has 90 valence electrons. The minimum absolute atomic E-state index is 0.787. The van der Waals surface area contributed by atoms with Crippen LogP contribution in [-0.2, 0) is 6.54 Å². The van der Waals surface area contributed by atoms with E-state index < -0.39 is 0 Å². The predicted octanol–water partition coefficient (Wildman–Crippen LogP) is 1.64. The van der Waals surface area contributed by atoms with E-state index in [1.165, 1.54) is 5.69 Å². The number of aromatic nitrogens is 2. The van der Waals surface area contributed by atoms with Gasteiger partial charge < -0.3 is 15.2 Å². The summed E-state index contributed by atoms with van der Waals surface area (Å²) in [4.78, 5) is 9.46. The molecule has 1 heterocycles. The topological polar surface area (TPSA) is 44.0 Å². The molecule has 0 unspecified atom stereocenters. The Bertz CT molecular complexity index is 410. The number of benzene rings is 1. The number of H-pyrrole nitrogens is 1. The summed E-state index contributed by atoms with van der Waals surface area (Å²) in [5, 5.41) is 3.35. The van der Waals surface area contributed by atoms with Crippen LogP contribution in [0.15, 0.2) is 42.7 Å². The van der Waals surface area contributed by atoms with Gasteiger partial charge in [-0.25, -0.2) is 4.98 Å². The highest BCUT2D eigenvalue weighted by atomic mass is 15.1. The van der Waals surface area contributed by atoms with Gasteiger partial charge in [-0.1, -0.05) is 18.2 Å². The number of aromatic amines is 1. The summed E-state index contributed by atoms with van der Waals surface area (Å²) in [5.74, 6) is 0.979. The lowest BCUT2D eigenvalue weighted by molar-refractivity contribution is 0.660. The molecule has 0 fully saturated rings. The zero-order valence-corrected chi connectivity index (χ0v) is 10.1. The van der Waals surface area contributed by atoms with Gasteiger partial charge in [-0.3, -0.25) is 0 Å². The molecular weight excluding hydrogens is 212 g/mol. The molecule has 17 heavy (non-hydrogen) atoms. The van der Waals surface area contributed by atoms with E-state index in [-0.39, 0.29) is 0 Å². The Morgan fingerprint density at radius 1 is 1.29 bits per heavy atom. The molecule has 0 bridgehead atoms. The number of hydrogen-bond donors (Lipinski definition) is 2. The van der Waals surface area contributed by atoms with Crippen molar-refractivity contribution in [2.24, 2.45) is 0 Å². The molecule has 0 saturated carbocycles. The first-order chi connectivity index (χ1) is 8.36. The van der Waals surface area contributed by atoms with Crippen LogP contribution < -0.4 is 10.2 Å². The van der Waals surface area contributed by atoms with E-state index >= 15 is 0 Å².